The van der Waals surface area contributed by atoms with E-state index >= 15 is 0 Å². The summed E-state index contributed by atoms with van der Waals surface area (Å²) in [4.78, 5) is 15.3. The Kier molecular flexibility index (Phi) is 4.38. The molecule has 0 unspecified atom stereocenters. The number of rotatable bonds is 4. The smallest absolute Gasteiger partial charge is 0.161 e. The first-order chi connectivity index (χ1) is 12.2. The monoisotopic (exact) mass is 364 g/mol. The Morgan fingerprint density at radius 2 is 1.84 bits per heavy atom. The maximum absolute atomic E-state index is 4.78. The van der Waals surface area contributed by atoms with Crippen molar-refractivity contribution in [3.63, 3.8) is 0 Å². The van der Waals surface area contributed by atoms with Crippen molar-refractivity contribution in [2.45, 2.75) is 18.2 Å². The summed E-state index contributed by atoms with van der Waals surface area (Å²) in [6, 6.07) is 16.2. The van der Waals surface area contributed by atoms with Crippen molar-refractivity contribution in [2.24, 2.45) is 0 Å². The third kappa shape index (κ3) is 3.50. The fraction of sp³-hybridized carbons (Fsp3) is 0.105. The van der Waals surface area contributed by atoms with Gasteiger partial charge in [-0.1, -0.05) is 35.6 Å². The van der Waals surface area contributed by atoms with Gasteiger partial charge in [-0.05, 0) is 42.3 Å². The lowest BCUT2D eigenvalue weighted by molar-refractivity contribution is 1.12. The van der Waals surface area contributed by atoms with Crippen LogP contribution in [0.4, 0.5) is 11.5 Å². The molecule has 2 heterocycles. The van der Waals surface area contributed by atoms with Crippen LogP contribution in [0.2, 0.25) is 0 Å². The highest BCUT2D eigenvalue weighted by atomic mass is 32.1. The van der Waals surface area contributed by atoms with Gasteiger partial charge in [-0.2, -0.15) is 0 Å². The van der Waals surface area contributed by atoms with E-state index in [-0.39, 0.29) is 0 Å². The molecule has 0 spiro atoms. The minimum Gasteiger partial charge on any atom is -0.338 e. The maximum atomic E-state index is 4.78. The Balaban J connectivity index is 1.66. The van der Waals surface area contributed by atoms with Gasteiger partial charge < -0.3 is 5.32 Å². The van der Waals surface area contributed by atoms with Crippen molar-refractivity contribution in [3.05, 3.63) is 71.0 Å². The maximum Gasteiger partial charge on any atom is 0.161 e. The van der Waals surface area contributed by atoms with Gasteiger partial charge in [0.2, 0.25) is 0 Å². The van der Waals surface area contributed by atoms with Crippen LogP contribution in [0.25, 0.3) is 10.3 Å². The number of aryl methyl sites for hydroxylation is 1. The van der Waals surface area contributed by atoms with Crippen LogP contribution in [0.5, 0.6) is 0 Å². The Morgan fingerprint density at radius 3 is 2.64 bits per heavy atom. The molecule has 124 valence electrons. The first kappa shape index (κ1) is 16.1. The standard InChI is InChI=1S/C19H16N4S2/c1-12-4-2-3-5-13(12)10-16-23-17-18(20-11-21-19(17)25-16)22-14-6-8-15(24)9-7-14/h2-9,11,24H,10H2,1H3,(H,20,21,22). The average Bonchev–Trinajstić information content (AvgIpc) is 3.03. The van der Waals surface area contributed by atoms with Gasteiger partial charge >= 0.3 is 0 Å². The summed E-state index contributed by atoms with van der Waals surface area (Å²) in [5.41, 5.74) is 4.32. The molecular weight excluding hydrogens is 348 g/mol. The molecule has 25 heavy (non-hydrogen) atoms. The molecular formula is C19H16N4S2. The Labute approximate surface area is 155 Å². The van der Waals surface area contributed by atoms with Crippen molar-refractivity contribution in [1.29, 1.82) is 0 Å². The van der Waals surface area contributed by atoms with E-state index in [0.717, 1.165) is 38.2 Å². The number of hydrogen-bond acceptors (Lipinski definition) is 6. The highest BCUT2D eigenvalue weighted by Crippen LogP contribution is 2.28. The van der Waals surface area contributed by atoms with Gasteiger partial charge in [0.05, 0.1) is 5.01 Å². The first-order valence-corrected chi connectivity index (χ1v) is 9.16. The molecule has 0 amide bonds. The van der Waals surface area contributed by atoms with Crippen molar-refractivity contribution >= 4 is 45.8 Å². The second-order valence-electron chi connectivity index (χ2n) is 5.76. The zero-order chi connectivity index (χ0) is 17.2. The highest BCUT2D eigenvalue weighted by molar-refractivity contribution is 7.80. The summed E-state index contributed by atoms with van der Waals surface area (Å²) in [6.07, 6.45) is 2.38. The molecule has 0 fully saturated rings. The molecule has 0 aliphatic carbocycles. The van der Waals surface area contributed by atoms with Crippen LogP contribution in [0, 0.1) is 6.92 Å². The number of fused-ring (bicyclic) bond motifs is 1. The molecule has 0 aliphatic heterocycles. The molecule has 4 aromatic rings. The topological polar surface area (TPSA) is 50.7 Å². The molecule has 0 bridgehead atoms. The number of thiol groups is 1. The fourth-order valence-electron chi connectivity index (χ4n) is 2.62. The van der Waals surface area contributed by atoms with E-state index in [1.54, 1.807) is 17.7 Å². The molecule has 0 atom stereocenters. The third-order valence-corrected chi connectivity index (χ3v) is 5.23. The van der Waals surface area contributed by atoms with Crippen molar-refractivity contribution in [1.82, 2.24) is 15.0 Å². The van der Waals surface area contributed by atoms with Crippen LogP contribution in [-0.4, -0.2) is 15.0 Å². The van der Waals surface area contributed by atoms with Crippen LogP contribution in [-0.2, 0) is 6.42 Å². The van der Waals surface area contributed by atoms with Gasteiger partial charge in [0.1, 0.15) is 16.7 Å². The summed E-state index contributed by atoms with van der Waals surface area (Å²) < 4.78 is 0. The van der Waals surface area contributed by atoms with Crippen molar-refractivity contribution in [3.8, 4) is 0 Å². The zero-order valence-corrected chi connectivity index (χ0v) is 15.3. The number of hydrogen-bond donors (Lipinski definition) is 2. The summed E-state index contributed by atoms with van der Waals surface area (Å²) in [6.45, 7) is 2.13. The minimum atomic E-state index is 0.726. The molecule has 4 rings (SSSR count). The molecule has 4 nitrogen and oxygen atoms in total. The van der Waals surface area contributed by atoms with E-state index in [9.17, 15) is 0 Å². The van der Waals surface area contributed by atoms with E-state index < -0.39 is 0 Å². The second-order valence-corrected chi connectivity index (χ2v) is 7.34. The SMILES string of the molecule is Cc1ccccc1Cc1nc2c(Nc3ccc(S)cc3)ncnc2s1. The lowest BCUT2D eigenvalue weighted by atomic mass is 10.1. The predicted octanol–water partition coefficient (Wildman–Crippen LogP) is 5.02. The normalized spacial score (nSPS) is 11.0. The largest absolute Gasteiger partial charge is 0.338 e. The quantitative estimate of drug-likeness (QED) is 0.499. The van der Waals surface area contributed by atoms with Gasteiger partial charge in [0.25, 0.3) is 0 Å². The predicted molar refractivity (Wildman–Crippen MR) is 106 cm³/mol. The second kappa shape index (κ2) is 6.82. The molecule has 6 heteroatoms. The number of anilines is 2. The van der Waals surface area contributed by atoms with E-state index in [1.807, 2.05) is 24.3 Å². The van der Waals surface area contributed by atoms with Crippen molar-refractivity contribution in [2.75, 3.05) is 5.32 Å². The van der Waals surface area contributed by atoms with E-state index in [2.05, 4.69) is 59.1 Å². The summed E-state index contributed by atoms with van der Waals surface area (Å²) in [7, 11) is 0. The Bertz CT molecular complexity index is 1030. The van der Waals surface area contributed by atoms with Crippen LogP contribution in [0.3, 0.4) is 0 Å². The lowest BCUT2D eigenvalue weighted by Gasteiger charge is -2.05. The van der Waals surface area contributed by atoms with Gasteiger partial charge in [-0.25, -0.2) is 15.0 Å². The molecule has 0 saturated carbocycles. The van der Waals surface area contributed by atoms with Gasteiger partial charge in [0.15, 0.2) is 5.82 Å². The number of benzene rings is 2. The Morgan fingerprint density at radius 1 is 1.04 bits per heavy atom. The van der Waals surface area contributed by atoms with Gasteiger partial charge in [-0.15, -0.1) is 12.6 Å². The Hall–Kier alpha value is -2.44. The summed E-state index contributed by atoms with van der Waals surface area (Å²) in [5.74, 6) is 0.726. The van der Waals surface area contributed by atoms with E-state index in [1.165, 1.54) is 11.1 Å². The van der Waals surface area contributed by atoms with Crippen LogP contribution in [0.1, 0.15) is 16.1 Å². The third-order valence-electron chi connectivity index (χ3n) is 3.97. The molecule has 2 aromatic heterocycles. The fourth-order valence-corrected chi connectivity index (χ4v) is 3.69. The summed E-state index contributed by atoms with van der Waals surface area (Å²) >= 11 is 5.93. The molecule has 1 N–H and O–H groups in total. The minimum absolute atomic E-state index is 0.726. The number of nitrogens with zero attached hydrogens (tertiary/aromatic N) is 3. The molecule has 0 saturated heterocycles. The van der Waals surface area contributed by atoms with Crippen molar-refractivity contribution < 1.29 is 0 Å². The van der Waals surface area contributed by atoms with Gasteiger partial charge in [0, 0.05) is 17.0 Å². The lowest BCUT2D eigenvalue weighted by Crippen LogP contribution is -1.95. The van der Waals surface area contributed by atoms with Crippen LogP contribution >= 0.6 is 24.0 Å². The average molecular weight is 364 g/mol. The number of nitrogens with one attached hydrogen (secondary N) is 1. The van der Waals surface area contributed by atoms with E-state index in [0.29, 0.717) is 0 Å². The number of thiazole rings is 1. The summed E-state index contributed by atoms with van der Waals surface area (Å²) in [5, 5.41) is 4.36. The number of aromatic nitrogens is 3. The zero-order valence-electron chi connectivity index (χ0n) is 13.6. The molecule has 2 aromatic carbocycles. The van der Waals surface area contributed by atoms with Gasteiger partial charge in [-0.3, -0.25) is 0 Å². The molecule has 0 radical (unpaired) electrons. The highest BCUT2D eigenvalue weighted by Gasteiger charge is 2.12. The first-order valence-electron chi connectivity index (χ1n) is 7.90. The van der Waals surface area contributed by atoms with E-state index in [4.69, 9.17) is 4.98 Å². The van der Waals surface area contributed by atoms with Crippen LogP contribution < -0.4 is 5.32 Å². The van der Waals surface area contributed by atoms with Crippen LogP contribution in [0.15, 0.2) is 59.8 Å². The molecule has 0 aliphatic rings.